The first-order valence-electron chi connectivity index (χ1n) is 7.98. The van der Waals surface area contributed by atoms with Crippen LogP contribution in [0.15, 0.2) is 53.1 Å². The van der Waals surface area contributed by atoms with E-state index in [2.05, 4.69) is 5.16 Å². The zero-order valence-electron chi connectivity index (χ0n) is 13.6. The Morgan fingerprint density at radius 2 is 1.92 bits per heavy atom. The van der Waals surface area contributed by atoms with E-state index in [-0.39, 0.29) is 12.2 Å². The predicted molar refractivity (Wildman–Crippen MR) is 93.5 cm³/mol. The number of rotatable bonds is 4. The lowest BCUT2D eigenvalue weighted by atomic mass is 10.1. The fourth-order valence-electron chi connectivity index (χ4n) is 2.57. The number of hydrogen-bond donors (Lipinski definition) is 0. The first-order valence-corrected chi connectivity index (χ1v) is 8.36. The van der Waals surface area contributed by atoms with Crippen LogP contribution in [0.4, 0.5) is 0 Å². The van der Waals surface area contributed by atoms with Crippen molar-refractivity contribution >= 4 is 17.6 Å². The van der Waals surface area contributed by atoms with E-state index in [0.29, 0.717) is 41.2 Å². The van der Waals surface area contributed by atoms with Gasteiger partial charge >= 0.3 is 5.97 Å². The molecule has 26 heavy (non-hydrogen) atoms. The second-order valence-electron chi connectivity index (χ2n) is 5.60. The monoisotopic (exact) mass is 371 g/mol. The lowest BCUT2D eigenvalue weighted by Gasteiger charge is -2.19. The third-order valence-electron chi connectivity index (χ3n) is 3.81. The molecule has 0 saturated carbocycles. The summed E-state index contributed by atoms with van der Waals surface area (Å²) in [6.07, 6.45) is 0. The molecule has 0 atom stereocenters. The largest absolute Gasteiger partial charge is 0.486 e. The molecule has 132 valence electrons. The van der Waals surface area contributed by atoms with Crippen LogP contribution in [0.3, 0.4) is 0 Å². The van der Waals surface area contributed by atoms with E-state index in [1.807, 2.05) is 30.3 Å². The molecular weight excluding hydrogens is 358 g/mol. The number of fused-ring (bicyclic) bond motifs is 1. The average Bonchev–Trinajstić information content (AvgIpc) is 3.16. The third kappa shape index (κ3) is 3.36. The molecule has 1 aliphatic heterocycles. The topological polar surface area (TPSA) is 70.8 Å². The van der Waals surface area contributed by atoms with Gasteiger partial charge in [-0.3, -0.25) is 0 Å². The van der Waals surface area contributed by atoms with E-state index < -0.39 is 5.97 Å². The lowest BCUT2D eigenvalue weighted by molar-refractivity contribution is 0.0436. The zero-order valence-corrected chi connectivity index (χ0v) is 14.4. The maximum Gasteiger partial charge on any atom is 0.338 e. The van der Waals surface area contributed by atoms with Gasteiger partial charge in [0.2, 0.25) is 0 Å². The molecule has 0 N–H and O–H groups in total. The van der Waals surface area contributed by atoms with Crippen molar-refractivity contribution in [3.63, 3.8) is 0 Å². The molecular formula is C19H14ClNO5. The van der Waals surface area contributed by atoms with Gasteiger partial charge in [0.15, 0.2) is 23.9 Å². The molecule has 2 aromatic carbocycles. The minimum absolute atomic E-state index is 0.0370. The van der Waals surface area contributed by atoms with Crippen molar-refractivity contribution in [1.82, 2.24) is 5.16 Å². The number of esters is 1. The Balaban J connectivity index is 1.45. The van der Waals surface area contributed by atoms with E-state index in [0.717, 1.165) is 5.56 Å². The Morgan fingerprint density at radius 3 is 2.77 bits per heavy atom. The Kier molecular flexibility index (Phi) is 4.50. The van der Waals surface area contributed by atoms with Crippen molar-refractivity contribution in [1.29, 1.82) is 0 Å². The van der Waals surface area contributed by atoms with Crippen molar-refractivity contribution in [3.8, 4) is 22.8 Å². The summed E-state index contributed by atoms with van der Waals surface area (Å²) in [5.74, 6) is 0.779. The molecule has 0 radical (unpaired) electrons. The van der Waals surface area contributed by atoms with Gasteiger partial charge in [-0.25, -0.2) is 4.79 Å². The van der Waals surface area contributed by atoms with Gasteiger partial charge in [0.05, 0.1) is 10.6 Å². The molecule has 0 bridgehead atoms. The first kappa shape index (κ1) is 16.5. The minimum Gasteiger partial charge on any atom is -0.486 e. The molecule has 1 aromatic heterocycles. The Hall–Kier alpha value is -2.99. The van der Waals surface area contributed by atoms with Gasteiger partial charge in [0.25, 0.3) is 0 Å². The summed E-state index contributed by atoms with van der Waals surface area (Å²) < 4.78 is 21.4. The predicted octanol–water partition coefficient (Wildman–Crippen LogP) is 4.12. The highest BCUT2D eigenvalue weighted by Crippen LogP contribution is 2.38. The molecule has 7 heteroatoms. The van der Waals surface area contributed by atoms with Gasteiger partial charge in [-0.1, -0.05) is 47.1 Å². The van der Waals surface area contributed by atoms with E-state index in [4.69, 9.17) is 30.3 Å². The maximum absolute atomic E-state index is 12.3. The lowest BCUT2D eigenvalue weighted by Crippen LogP contribution is -2.16. The molecule has 0 fully saturated rings. The van der Waals surface area contributed by atoms with Crippen LogP contribution in [0.25, 0.3) is 11.3 Å². The van der Waals surface area contributed by atoms with Crippen molar-refractivity contribution < 1.29 is 23.5 Å². The van der Waals surface area contributed by atoms with Gasteiger partial charge < -0.3 is 18.7 Å². The summed E-state index contributed by atoms with van der Waals surface area (Å²) in [4.78, 5) is 12.3. The minimum atomic E-state index is -0.540. The van der Waals surface area contributed by atoms with Gasteiger partial charge in [-0.2, -0.15) is 0 Å². The highest BCUT2D eigenvalue weighted by atomic mass is 35.5. The van der Waals surface area contributed by atoms with Crippen LogP contribution in [-0.4, -0.2) is 24.3 Å². The van der Waals surface area contributed by atoms with Gasteiger partial charge in [-0.15, -0.1) is 0 Å². The Morgan fingerprint density at radius 1 is 1.12 bits per heavy atom. The summed E-state index contributed by atoms with van der Waals surface area (Å²) in [6.45, 7) is 0.790. The molecule has 0 aliphatic carbocycles. The quantitative estimate of drug-likeness (QED) is 0.642. The molecule has 0 saturated heterocycles. The second kappa shape index (κ2) is 7.09. The average molecular weight is 372 g/mol. The number of halogens is 1. The second-order valence-corrected chi connectivity index (χ2v) is 6.01. The SMILES string of the molecule is O=C(OCc1cc(-c2ccccc2)no1)c1cc(Cl)c2c(c1)OCCO2. The van der Waals surface area contributed by atoms with Crippen LogP contribution in [0.2, 0.25) is 5.02 Å². The molecule has 4 rings (SSSR count). The van der Waals surface area contributed by atoms with Crippen LogP contribution >= 0.6 is 11.6 Å². The van der Waals surface area contributed by atoms with E-state index >= 15 is 0 Å². The normalized spacial score (nSPS) is 12.7. The number of carbonyl (C=O) groups excluding carboxylic acids is 1. The molecule has 2 heterocycles. The number of aromatic nitrogens is 1. The molecule has 0 unspecified atom stereocenters. The fraction of sp³-hybridized carbons (Fsp3) is 0.158. The summed E-state index contributed by atoms with van der Waals surface area (Å²) in [5.41, 5.74) is 1.88. The summed E-state index contributed by atoms with van der Waals surface area (Å²) >= 11 is 6.14. The van der Waals surface area contributed by atoms with Crippen LogP contribution in [-0.2, 0) is 11.3 Å². The molecule has 1 aliphatic rings. The van der Waals surface area contributed by atoms with Crippen molar-refractivity contribution in [2.24, 2.45) is 0 Å². The van der Waals surface area contributed by atoms with Gasteiger partial charge in [-0.05, 0) is 12.1 Å². The summed E-state index contributed by atoms with van der Waals surface area (Å²) in [5, 5.41) is 4.29. The number of hydrogen-bond acceptors (Lipinski definition) is 6. The van der Waals surface area contributed by atoms with Crippen LogP contribution in [0, 0.1) is 0 Å². The summed E-state index contributed by atoms with van der Waals surface area (Å²) in [7, 11) is 0. The van der Waals surface area contributed by atoms with Crippen molar-refractivity contribution in [3.05, 3.63) is 64.9 Å². The van der Waals surface area contributed by atoms with E-state index in [1.165, 1.54) is 6.07 Å². The zero-order chi connectivity index (χ0) is 17.9. The smallest absolute Gasteiger partial charge is 0.338 e. The Labute approximate surface area is 154 Å². The number of ether oxygens (including phenoxy) is 3. The number of carbonyl (C=O) groups is 1. The fourth-order valence-corrected chi connectivity index (χ4v) is 2.84. The number of nitrogens with zero attached hydrogens (tertiary/aromatic N) is 1. The van der Waals surface area contributed by atoms with Crippen molar-refractivity contribution in [2.75, 3.05) is 13.2 Å². The van der Waals surface area contributed by atoms with Gasteiger partial charge in [0, 0.05) is 11.6 Å². The van der Waals surface area contributed by atoms with Crippen LogP contribution in [0.1, 0.15) is 16.1 Å². The summed E-state index contributed by atoms with van der Waals surface area (Å²) in [6, 6.07) is 14.4. The highest BCUT2D eigenvalue weighted by Gasteiger charge is 2.20. The van der Waals surface area contributed by atoms with E-state index in [1.54, 1.807) is 12.1 Å². The molecule has 3 aromatic rings. The number of benzene rings is 2. The van der Waals surface area contributed by atoms with Gasteiger partial charge in [0.1, 0.15) is 18.9 Å². The standard InChI is InChI=1S/C19H14ClNO5/c20-15-8-13(9-17-18(15)24-7-6-23-17)19(22)25-11-14-10-16(21-26-14)12-4-2-1-3-5-12/h1-5,8-10H,6-7,11H2. The Bertz CT molecular complexity index is 938. The maximum atomic E-state index is 12.3. The van der Waals surface area contributed by atoms with Crippen molar-refractivity contribution in [2.45, 2.75) is 6.61 Å². The van der Waals surface area contributed by atoms with E-state index in [9.17, 15) is 4.79 Å². The van der Waals surface area contributed by atoms with Crippen LogP contribution < -0.4 is 9.47 Å². The first-order chi connectivity index (χ1) is 12.7. The highest BCUT2D eigenvalue weighted by molar-refractivity contribution is 6.32. The third-order valence-corrected chi connectivity index (χ3v) is 4.09. The molecule has 0 spiro atoms. The van der Waals surface area contributed by atoms with Crippen LogP contribution in [0.5, 0.6) is 11.5 Å². The molecule has 6 nitrogen and oxygen atoms in total. The molecule has 0 amide bonds.